The van der Waals surface area contributed by atoms with Crippen LogP contribution in [0.3, 0.4) is 0 Å². The Kier molecular flexibility index (Phi) is 4.20. The van der Waals surface area contributed by atoms with E-state index in [1.54, 1.807) is 12.4 Å². The molecule has 1 amide bonds. The molecule has 0 radical (unpaired) electrons. The van der Waals surface area contributed by atoms with Crippen LogP contribution in [0.15, 0.2) is 48.8 Å². The van der Waals surface area contributed by atoms with Crippen molar-refractivity contribution in [2.75, 3.05) is 13.1 Å². The number of amides is 1. The molecule has 1 aliphatic rings. The Hall–Kier alpha value is -3.09. The van der Waals surface area contributed by atoms with Crippen molar-refractivity contribution in [1.29, 1.82) is 0 Å². The zero-order valence-corrected chi connectivity index (χ0v) is 13.7. The largest absolute Gasteiger partial charge is 0.338 e. The van der Waals surface area contributed by atoms with Crippen molar-refractivity contribution in [1.82, 2.24) is 30.5 Å². The van der Waals surface area contributed by atoms with Gasteiger partial charge in [-0.05, 0) is 24.5 Å². The number of benzene rings is 1. The topological polar surface area (TPSA) is 87.7 Å². The number of nitrogens with one attached hydrogen (secondary N) is 1. The standard InChI is InChI=1S/C18H18N6O/c25-18(24-8-4-7-14(12-24)17-20-22-23-21-17)16-9-15(10-19-11-16)13-5-2-1-3-6-13/h1-3,5-6,9-11,14H,4,7-8,12H2,(H,20,21,22,23). The number of piperidine rings is 1. The van der Waals surface area contributed by atoms with Crippen molar-refractivity contribution in [3.05, 3.63) is 60.2 Å². The number of rotatable bonds is 3. The molecule has 25 heavy (non-hydrogen) atoms. The molecule has 0 spiro atoms. The maximum Gasteiger partial charge on any atom is 0.255 e. The van der Waals surface area contributed by atoms with Gasteiger partial charge >= 0.3 is 0 Å². The summed E-state index contributed by atoms with van der Waals surface area (Å²) in [6.07, 6.45) is 5.31. The lowest BCUT2D eigenvalue weighted by atomic mass is 9.96. The Morgan fingerprint density at radius 2 is 2.04 bits per heavy atom. The molecule has 126 valence electrons. The molecule has 7 heteroatoms. The van der Waals surface area contributed by atoms with Gasteiger partial charge in [-0.25, -0.2) is 0 Å². The van der Waals surface area contributed by atoms with E-state index in [1.165, 1.54) is 0 Å². The molecular weight excluding hydrogens is 316 g/mol. The van der Waals surface area contributed by atoms with Crippen molar-refractivity contribution >= 4 is 5.91 Å². The second-order valence-corrected chi connectivity index (χ2v) is 6.19. The lowest BCUT2D eigenvalue weighted by molar-refractivity contribution is 0.0704. The summed E-state index contributed by atoms with van der Waals surface area (Å²) in [7, 11) is 0. The smallest absolute Gasteiger partial charge is 0.255 e. The highest BCUT2D eigenvalue weighted by Gasteiger charge is 2.28. The highest BCUT2D eigenvalue weighted by molar-refractivity contribution is 5.95. The number of aromatic amines is 1. The van der Waals surface area contributed by atoms with Crippen LogP contribution < -0.4 is 0 Å². The second kappa shape index (κ2) is 6.80. The number of hydrogen-bond acceptors (Lipinski definition) is 5. The van der Waals surface area contributed by atoms with E-state index < -0.39 is 0 Å². The number of carbonyl (C=O) groups excluding carboxylic acids is 1. The molecule has 4 rings (SSSR count). The molecule has 1 aromatic carbocycles. The van der Waals surface area contributed by atoms with Gasteiger partial charge in [-0.15, -0.1) is 10.2 Å². The van der Waals surface area contributed by atoms with Crippen molar-refractivity contribution in [2.45, 2.75) is 18.8 Å². The summed E-state index contributed by atoms with van der Waals surface area (Å²) in [6.45, 7) is 1.34. The van der Waals surface area contributed by atoms with Crippen molar-refractivity contribution in [3.8, 4) is 11.1 Å². The highest BCUT2D eigenvalue weighted by atomic mass is 16.2. The van der Waals surface area contributed by atoms with Gasteiger partial charge in [0.1, 0.15) is 0 Å². The first-order chi connectivity index (χ1) is 12.3. The molecular formula is C18H18N6O. The molecule has 1 N–H and O–H groups in total. The molecule has 0 saturated carbocycles. The lowest BCUT2D eigenvalue weighted by Gasteiger charge is -2.31. The van der Waals surface area contributed by atoms with Gasteiger partial charge in [-0.3, -0.25) is 9.78 Å². The van der Waals surface area contributed by atoms with E-state index in [2.05, 4.69) is 25.6 Å². The van der Waals surface area contributed by atoms with E-state index in [0.717, 1.165) is 30.5 Å². The van der Waals surface area contributed by atoms with Crippen LogP contribution in [-0.2, 0) is 0 Å². The fourth-order valence-corrected chi connectivity index (χ4v) is 3.24. The summed E-state index contributed by atoms with van der Waals surface area (Å²) in [5.74, 6) is 0.800. The Morgan fingerprint density at radius 1 is 1.16 bits per heavy atom. The van der Waals surface area contributed by atoms with Gasteiger partial charge in [0, 0.05) is 37.0 Å². The van der Waals surface area contributed by atoms with Crippen LogP contribution in [0.4, 0.5) is 0 Å². The predicted molar refractivity (Wildman–Crippen MR) is 91.7 cm³/mol. The molecule has 2 aromatic heterocycles. The number of hydrogen-bond donors (Lipinski definition) is 1. The maximum atomic E-state index is 12.9. The quantitative estimate of drug-likeness (QED) is 0.794. The predicted octanol–water partition coefficient (Wildman–Crippen LogP) is 2.28. The van der Waals surface area contributed by atoms with Crippen LogP contribution >= 0.6 is 0 Å². The van der Waals surface area contributed by atoms with E-state index >= 15 is 0 Å². The monoisotopic (exact) mass is 334 g/mol. The molecule has 7 nitrogen and oxygen atoms in total. The van der Waals surface area contributed by atoms with E-state index in [9.17, 15) is 4.79 Å². The average molecular weight is 334 g/mol. The van der Waals surface area contributed by atoms with E-state index in [0.29, 0.717) is 17.9 Å². The number of aromatic nitrogens is 5. The molecule has 0 aliphatic carbocycles. The normalized spacial score (nSPS) is 17.4. The number of likely N-dealkylation sites (tertiary alicyclic amines) is 1. The SMILES string of the molecule is O=C(c1cncc(-c2ccccc2)c1)N1CCCC(c2nn[nH]n2)C1. The Balaban J connectivity index is 1.54. The van der Waals surface area contributed by atoms with Gasteiger partial charge in [0.05, 0.1) is 5.56 Å². The second-order valence-electron chi connectivity index (χ2n) is 6.19. The third-order valence-corrected chi connectivity index (χ3v) is 4.53. The van der Waals surface area contributed by atoms with Crippen LogP contribution in [0.1, 0.15) is 34.9 Å². The molecule has 1 atom stereocenters. The first-order valence-corrected chi connectivity index (χ1v) is 8.34. The summed E-state index contributed by atoms with van der Waals surface area (Å²) in [6, 6.07) is 11.9. The fraction of sp³-hybridized carbons (Fsp3) is 0.278. The minimum atomic E-state index is -0.00141. The Morgan fingerprint density at radius 3 is 2.84 bits per heavy atom. The molecule has 3 heterocycles. The number of tetrazole rings is 1. The molecule has 1 aliphatic heterocycles. The van der Waals surface area contributed by atoms with Crippen LogP contribution in [0.2, 0.25) is 0 Å². The molecule has 1 fully saturated rings. The van der Waals surface area contributed by atoms with E-state index in [1.807, 2.05) is 41.3 Å². The summed E-state index contributed by atoms with van der Waals surface area (Å²) in [4.78, 5) is 19.0. The van der Waals surface area contributed by atoms with Gasteiger partial charge < -0.3 is 4.90 Å². The maximum absolute atomic E-state index is 12.9. The van der Waals surface area contributed by atoms with Crippen molar-refractivity contribution in [3.63, 3.8) is 0 Å². The summed E-state index contributed by atoms with van der Waals surface area (Å²) >= 11 is 0. The number of nitrogens with zero attached hydrogens (tertiary/aromatic N) is 5. The average Bonchev–Trinajstić information content (AvgIpc) is 3.23. The van der Waals surface area contributed by atoms with Crippen molar-refractivity contribution < 1.29 is 4.79 Å². The van der Waals surface area contributed by atoms with E-state index in [-0.39, 0.29) is 11.8 Å². The minimum absolute atomic E-state index is 0.00141. The Labute approximate surface area is 145 Å². The molecule has 1 saturated heterocycles. The summed E-state index contributed by atoms with van der Waals surface area (Å²) in [5.41, 5.74) is 2.60. The van der Waals surface area contributed by atoms with Crippen LogP contribution in [-0.4, -0.2) is 49.5 Å². The molecule has 0 bridgehead atoms. The van der Waals surface area contributed by atoms with E-state index in [4.69, 9.17) is 0 Å². The number of carbonyl (C=O) groups is 1. The van der Waals surface area contributed by atoms with Crippen LogP contribution in [0, 0.1) is 0 Å². The summed E-state index contributed by atoms with van der Waals surface area (Å²) in [5, 5.41) is 14.2. The zero-order chi connectivity index (χ0) is 17.1. The highest BCUT2D eigenvalue weighted by Crippen LogP contribution is 2.26. The molecule has 3 aromatic rings. The fourth-order valence-electron chi connectivity index (χ4n) is 3.24. The van der Waals surface area contributed by atoms with Gasteiger partial charge in [0.2, 0.25) is 0 Å². The number of H-pyrrole nitrogens is 1. The first-order valence-electron chi connectivity index (χ1n) is 8.34. The minimum Gasteiger partial charge on any atom is -0.338 e. The van der Waals surface area contributed by atoms with Gasteiger partial charge in [-0.2, -0.15) is 5.21 Å². The third-order valence-electron chi connectivity index (χ3n) is 4.53. The van der Waals surface area contributed by atoms with Crippen LogP contribution in [0.25, 0.3) is 11.1 Å². The lowest BCUT2D eigenvalue weighted by Crippen LogP contribution is -2.39. The number of pyridine rings is 1. The van der Waals surface area contributed by atoms with Gasteiger partial charge in [-0.1, -0.05) is 35.5 Å². The summed E-state index contributed by atoms with van der Waals surface area (Å²) < 4.78 is 0. The first kappa shape index (κ1) is 15.4. The van der Waals surface area contributed by atoms with Gasteiger partial charge in [0.15, 0.2) is 5.82 Å². The van der Waals surface area contributed by atoms with Crippen LogP contribution in [0.5, 0.6) is 0 Å². The Bertz CT molecular complexity index is 849. The van der Waals surface area contributed by atoms with Crippen molar-refractivity contribution in [2.24, 2.45) is 0 Å². The molecule has 1 unspecified atom stereocenters. The third kappa shape index (κ3) is 3.26. The van der Waals surface area contributed by atoms with Gasteiger partial charge in [0.25, 0.3) is 5.91 Å². The zero-order valence-electron chi connectivity index (χ0n) is 13.7.